The van der Waals surface area contributed by atoms with E-state index in [1.165, 1.54) is 38.7 Å². The van der Waals surface area contributed by atoms with Gasteiger partial charge in [-0.3, -0.25) is 0 Å². The average molecular weight is 308 g/mol. The second-order valence-electron chi connectivity index (χ2n) is 6.40. The number of hydrogen-bond donors (Lipinski definition) is 0. The number of hydrogen-bond acceptors (Lipinski definition) is 0. The Labute approximate surface area is 141 Å². The molecule has 0 atom stereocenters. The van der Waals surface area contributed by atoms with Gasteiger partial charge in [0.15, 0.2) is 12.7 Å². The Morgan fingerprint density at radius 2 is 1.33 bits per heavy atom. The number of fused-ring (bicyclic) bond motifs is 5. The van der Waals surface area contributed by atoms with Crippen LogP contribution in [0.15, 0.2) is 85.1 Å². The van der Waals surface area contributed by atoms with Crippen molar-refractivity contribution in [3.63, 3.8) is 0 Å². The van der Waals surface area contributed by atoms with Crippen LogP contribution in [-0.2, 0) is 13.0 Å². The lowest BCUT2D eigenvalue weighted by Crippen LogP contribution is -2.40. The molecule has 0 fully saturated rings. The van der Waals surface area contributed by atoms with Crippen molar-refractivity contribution >= 4 is 10.8 Å². The van der Waals surface area contributed by atoms with E-state index >= 15 is 0 Å². The fourth-order valence-electron chi connectivity index (χ4n) is 3.90. The predicted octanol–water partition coefficient (Wildman–Crippen LogP) is 5.02. The highest BCUT2D eigenvalue weighted by Crippen LogP contribution is 2.35. The van der Waals surface area contributed by atoms with E-state index in [2.05, 4.69) is 89.6 Å². The first kappa shape index (κ1) is 13.5. The van der Waals surface area contributed by atoms with Gasteiger partial charge in [-0.25, -0.2) is 0 Å². The summed E-state index contributed by atoms with van der Waals surface area (Å²) in [5.74, 6) is 0. The van der Waals surface area contributed by atoms with E-state index in [1.54, 1.807) is 0 Å². The van der Waals surface area contributed by atoms with Gasteiger partial charge in [0.1, 0.15) is 0 Å². The molecule has 114 valence electrons. The van der Waals surface area contributed by atoms with E-state index in [4.69, 9.17) is 0 Å². The second-order valence-corrected chi connectivity index (χ2v) is 6.40. The van der Waals surface area contributed by atoms with Crippen molar-refractivity contribution < 1.29 is 4.57 Å². The Balaban J connectivity index is 1.89. The molecule has 5 rings (SSSR count). The largest absolute Gasteiger partial charge is 0.220 e. The zero-order valence-corrected chi connectivity index (χ0v) is 13.4. The number of pyridine rings is 1. The Morgan fingerprint density at radius 3 is 2.21 bits per heavy atom. The van der Waals surface area contributed by atoms with Gasteiger partial charge in [-0.1, -0.05) is 66.7 Å². The van der Waals surface area contributed by atoms with Gasteiger partial charge >= 0.3 is 0 Å². The van der Waals surface area contributed by atoms with E-state index < -0.39 is 0 Å². The Hall–Kier alpha value is -2.93. The molecular formula is C23H18N+. The summed E-state index contributed by atoms with van der Waals surface area (Å²) in [4.78, 5) is 0. The van der Waals surface area contributed by atoms with E-state index in [0.717, 1.165) is 13.0 Å². The third kappa shape index (κ3) is 1.98. The van der Waals surface area contributed by atoms with Crippen molar-refractivity contribution in [2.24, 2.45) is 0 Å². The van der Waals surface area contributed by atoms with Gasteiger partial charge in [-0.15, -0.1) is 0 Å². The quantitative estimate of drug-likeness (QED) is 0.435. The third-order valence-electron chi connectivity index (χ3n) is 5.02. The molecule has 1 aliphatic rings. The zero-order chi connectivity index (χ0) is 15.9. The first-order valence-electron chi connectivity index (χ1n) is 8.51. The SMILES string of the molecule is c1ccc(-c2c[n+]3c(c4ccccc24)-c2ccccc2CC3)cc1. The van der Waals surface area contributed by atoms with Crippen molar-refractivity contribution in [1.29, 1.82) is 0 Å². The average Bonchev–Trinajstić information content (AvgIpc) is 2.67. The molecule has 2 heterocycles. The maximum absolute atomic E-state index is 2.44. The van der Waals surface area contributed by atoms with Crippen molar-refractivity contribution in [3.05, 3.63) is 90.6 Å². The van der Waals surface area contributed by atoms with Gasteiger partial charge in [-0.2, -0.15) is 4.57 Å². The number of nitrogens with zero attached hydrogens (tertiary/aromatic N) is 1. The summed E-state index contributed by atoms with van der Waals surface area (Å²) in [6.45, 7) is 1.04. The lowest BCUT2D eigenvalue weighted by molar-refractivity contribution is -0.686. The summed E-state index contributed by atoms with van der Waals surface area (Å²) < 4.78 is 2.44. The monoisotopic (exact) mass is 308 g/mol. The van der Waals surface area contributed by atoms with Gasteiger partial charge < -0.3 is 0 Å². The normalized spacial score (nSPS) is 12.7. The predicted molar refractivity (Wildman–Crippen MR) is 98.7 cm³/mol. The molecule has 0 spiro atoms. The number of rotatable bonds is 1. The smallest absolute Gasteiger partial charge is 0.197 e. The summed E-state index contributed by atoms with van der Waals surface area (Å²) in [5.41, 5.74) is 6.78. The van der Waals surface area contributed by atoms with Crippen LogP contribution < -0.4 is 4.57 Å². The Bertz CT molecular complexity index is 1050. The van der Waals surface area contributed by atoms with E-state index in [0.29, 0.717) is 0 Å². The lowest BCUT2D eigenvalue weighted by atomic mass is 9.91. The molecule has 1 aromatic heterocycles. The van der Waals surface area contributed by atoms with Crippen LogP contribution in [-0.4, -0.2) is 0 Å². The van der Waals surface area contributed by atoms with Gasteiger partial charge in [0, 0.05) is 11.8 Å². The van der Waals surface area contributed by atoms with E-state index in [9.17, 15) is 0 Å². The highest BCUT2D eigenvalue weighted by molar-refractivity contribution is 6.02. The fraction of sp³-hybridized carbons (Fsp3) is 0.0870. The second kappa shape index (κ2) is 5.31. The van der Waals surface area contributed by atoms with Crippen molar-refractivity contribution in [2.45, 2.75) is 13.0 Å². The van der Waals surface area contributed by atoms with Crippen LogP contribution in [0.2, 0.25) is 0 Å². The lowest BCUT2D eigenvalue weighted by Gasteiger charge is -2.18. The number of aromatic nitrogens is 1. The zero-order valence-electron chi connectivity index (χ0n) is 13.4. The minimum Gasteiger partial charge on any atom is -0.197 e. The van der Waals surface area contributed by atoms with Crippen LogP contribution >= 0.6 is 0 Å². The molecule has 0 bridgehead atoms. The molecule has 1 heteroatoms. The topological polar surface area (TPSA) is 3.88 Å². The van der Waals surface area contributed by atoms with Gasteiger partial charge in [0.2, 0.25) is 5.69 Å². The molecule has 1 aliphatic heterocycles. The summed E-state index contributed by atoms with van der Waals surface area (Å²) in [5, 5.41) is 2.66. The van der Waals surface area contributed by atoms with Gasteiger partial charge in [0.25, 0.3) is 0 Å². The van der Waals surface area contributed by atoms with Crippen molar-refractivity contribution in [2.75, 3.05) is 0 Å². The molecular weight excluding hydrogens is 290 g/mol. The maximum atomic E-state index is 2.44. The Kier molecular flexibility index (Phi) is 2.99. The molecule has 0 unspecified atom stereocenters. The number of benzene rings is 3. The first-order valence-corrected chi connectivity index (χ1v) is 8.51. The van der Waals surface area contributed by atoms with Crippen LogP contribution in [0.1, 0.15) is 5.56 Å². The first-order chi connectivity index (χ1) is 11.9. The van der Waals surface area contributed by atoms with Crippen LogP contribution in [0, 0.1) is 0 Å². The molecule has 1 nitrogen and oxygen atoms in total. The third-order valence-corrected chi connectivity index (χ3v) is 5.02. The van der Waals surface area contributed by atoms with Crippen molar-refractivity contribution in [1.82, 2.24) is 0 Å². The van der Waals surface area contributed by atoms with Crippen molar-refractivity contribution in [3.8, 4) is 22.4 Å². The highest BCUT2D eigenvalue weighted by atomic mass is 15.0. The summed E-state index contributed by atoms with van der Waals surface area (Å²) in [6, 6.07) is 28.3. The molecule has 0 saturated heterocycles. The molecule has 0 N–H and O–H groups in total. The van der Waals surface area contributed by atoms with Crippen LogP contribution in [0.3, 0.4) is 0 Å². The van der Waals surface area contributed by atoms with Gasteiger partial charge in [0.05, 0.1) is 16.5 Å². The maximum Gasteiger partial charge on any atom is 0.220 e. The van der Waals surface area contributed by atoms with E-state index in [-0.39, 0.29) is 0 Å². The minimum absolute atomic E-state index is 1.04. The van der Waals surface area contributed by atoms with Crippen LogP contribution in [0.4, 0.5) is 0 Å². The fourth-order valence-corrected chi connectivity index (χ4v) is 3.90. The molecule has 0 saturated carbocycles. The van der Waals surface area contributed by atoms with Gasteiger partial charge in [-0.05, 0) is 23.3 Å². The summed E-state index contributed by atoms with van der Waals surface area (Å²) in [6.07, 6.45) is 3.43. The standard InChI is InChI=1S/C23H18N/c1-2-8-17(9-3-1)22-16-24-15-14-18-10-4-5-11-19(18)23(24)21-13-7-6-12-20(21)22/h1-13,16H,14-15H2/q+1. The molecule has 24 heavy (non-hydrogen) atoms. The Morgan fingerprint density at radius 1 is 0.625 bits per heavy atom. The minimum atomic E-state index is 1.04. The van der Waals surface area contributed by atoms with Crippen LogP contribution in [0.25, 0.3) is 33.2 Å². The molecule has 4 aromatic rings. The highest BCUT2D eigenvalue weighted by Gasteiger charge is 2.26. The summed E-state index contributed by atoms with van der Waals surface area (Å²) >= 11 is 0. The molecule has 0 amide bonds. The number of aryl methyl sites for hydroxylation is 2. The van der Waals surface area contributed by atoms with Crippen LogP contribution in [0.5, 0.6) is 0 Å². The summed E-state index contributed by atoms with van der Waals surface area (Å²) in [7, 11) is 0. The molecule has 3 aromatic carbocycles. The molecule has 0 aliphatic carbocycles. The van der Waals surface area contributed by atoms with E-state index in [1.807, 2.05) is 0 Å². The molecule has 0 radical (unpaired) electrons.